The summed E-state index contributed by atoms with van der Waals surface area (Å²) in [5.41, 5.74) is 6.28. The number of carbonyl (C=O) groups excluding carboxylic acids is 3. The Labute approximate surface area is 155 Å². The number of nitrogens with zero attached hydrogens (tertiary/aromatic N) is 2. The molecule has 4 N–H and O–H groups in total. The van der Waals surface area contributed by atoms with E-state index >= 15 is 0 Å². The van der Waals surface area contributed by atoms with E-state index in [4.69, 9.17) is 5.73 Å². The molecule has 2 aromatic carbocycles. The van der Waals surface area contributed by atoms with E-state index in [1.807, 2.05) is 0 Å². The predicted octanol–water partition coefficient (Wildman–Crippen LogP) is 2.04. The molecule has 0 unspecified atom stereocenters. The number of non-ortho nitro benzene ring substituents is 1. The highest BCUT2D eigenvalue weighted by Gasteiger charge is 2.07. The van der Waals surface area contributed by atoms with Crippen LogP contribution in [0.15, 0.2) is 48.5 Å². The second-order valence-corrected chi connectivity index (χ2v) is 5.39. The molecule has 27 heavy (non-hydrogen) atoms. The Bertz CT molecular complexity index is 742. The van der Waals surface area contributed by atoms with Crippen LogP contribution in [0.3, 0.4) is 0 Å². The van der Waals surface area contributed by atoms with Gasteiger partial charge in [-0.1, -0.05) is 0 Å². The fraction of sp³-hybridized carbons (Fsp3) is 0.118. The largest absolute Gasteiger partial charge is 0.366 e. The zero-order valence-electron chi connectivity index (χ0n) is 14.7. The van der Waals surface area contributed by atoms with Crippen LogP contribution in [0, 0.1) is 10.1 Å². The van der Waals surface area contributed by atoms with Gasteiger partial charge in [0.05, 0.1) is 4.92 Å². The molecule has 0 heterocycles. The van der Waals surface area contributed by atoms with Gasteiger partial charge >= 0.3 is 6.03 Å². The summed E-state index contributed by atoms with van der Waals surface area (Å²) >= 11 is 0. The molecule has 0 aromatic heterocycles. The Morgan fingerprint density at radius 1 is 1.00 bits per heavy atom. The van der Waals surface area contributed by atoms with Gasteiger partial charge < -0.3 is 21.3 Å². The molecule has 2 rings (SSSR count). The van der Waals surface area contributed by atoms with E-state index in [1.165, 1.54) is 53.4 Å². The smallest absolute Gasteiger partial charge is 0.323 e. The molecule has 0 saturated carbocycles. The molecule has 0 radical (unpaired) electrons. The van der Waals surface area contributed by atoms with Gasteiger partial charge in [0.25, 0.3) is 5.69 Å². The highest BCUT2D eigenvalue weighted by atomic mass is 16.6. The van der Waals surface area contributed by atoms with Crippen molar-refractivity contribution in [2.45, 2.75) is 0 Å². The first-order chi connectivity index (χ1) is 12.7. The molecule has 10 nitrogen and oxygen atoms in total. The molecule has 0 atom stereocenters. The number of primary amides is 1. The van der Waals surface area contributed by atoms with Crippen LogP contribution in [0.2, 0.25) is 0 Å². The van der Waals surface area contributed by atoms with Crippen LogP contribution >= 0.6 is 0 Å². The Morgan fingerprint density at radius 2 is 1.41 bits per heavy atom. The molecule has 10 heteroatoms. The van der Waals surface area contributed by atoms with Crippen molar-refractivity contribution in [2.75, 3.05) is 24.7 Å². The summed E-state index contributed by atoms with van der Waals surface area (Å²) in [5.74, 6) is -0.554. The maximum absolute atomic E-state index is 11.8. The van der Waals surface area contributed by atoms with Crippen LogP contribution in [0.25, 0.3) is 0 Å². The molecule has 0 aliphatic rings. The van der Waals surface area contributed by atoms with Crippen molar-refractivity contribution in [3.05, 3.63) is 64.2 Å². The van der Waals surface area contributed by atoms with Crippen LogP contribution in [0.4, 0.5) is 21.9 Å². The summed E-state index contributed by atoms with van der Waals surface area (Å²) in [6.45, 7) is 0. The molecule has 0 aliphatic heterocycles. The van der Waals surface area contributed by atoms with Crippen molar-refractivity contribution < 1.29 is 19.3 Å². The lowest BCUT2D eigenvalue weighted by molar-refractivity contribution is -0.384. The molecular formula is C17H19N5O5. The van der Waals surface area contributed by atoms with E-state index in [2.05, 4.69) is 10.6 Å². The van der Waals surface area contributed by atoms with Gasteiger partial charge in [-0.05, 0) is 36.4 Å². The normalized spacial score (nSPS) is 9.26. The number of carbonyl (C=O) groups is 3. The van der Waals surface area contributed by atoms with E-state index in [1.54, 1.807) is 14.1 Å². The minimum atomic E-state index is -0.554. The van der Waals surface area contributed by atoms with E-state index in [0.717, 1.165) is 6.41 Å². The predicted molar refractivity (Wildman–Crippen MR) is 100 cm³/mol. The highest BCUT2D eigenvalue weighted by Crippen LogP contribution is 2.16. The summed E-state index contributed by atoms with van der Waals surface area (Å²) in [7, 11) is 3.38. The van der Waals surface area contributed by atoms with Gasteiger partial charge in [0, 0.05) is 43.2 Å². The average Bonchev–Trinajstić information content (AvgIpc) is 2.63. The lowest BCUT2D eigenvalue weighted by atomic mass is 10.2. The molecule has 2 aromatic rings. The number of benzene rings is 2. The summed E-state index contributed by atoms with van der Waals surface area (Å²) < 4.78 is 0. The zero-order valence-corrected chi connectivity index (χ0v) is 14.7. The maximum Gasteiger partial charge on any atom is 0.323 e. The monoisotopic (exact) mass is 373 g/mol. The summed E-state index contributed by atoms with van der Waals surface area (Å²) in [5, 5.41) is 15.6. The fourth-order valence-electron chi connectivity index (χ4n) is 1.68. The molecule has 0 aliphatic carbocycles. The van der Waals surface area contributed by atoms with Crippen molar-refractivity contribution in [1.82, 2.24) is 4.90 Å². The average molecular weight is 373 g/mol. The number of nitrogens with one attached hydrogen (secondary N) is 2. The Kier molecular flexibility index (Phi) is 7.92. The number of hydrogen-bond donors (Lipinski definition) is 3. The molecule has 4 amide bonds. The van der Waals surface area contributed by atoms with Crippen molar-refractivity contribution in [1.29, 1.82) is 0 Å². The molecule has 142 valence electrons. The van der Waals surface area contributed by atoms with E-state index in [-0.39, 0.29) is 5.69 Å². The molecule has 0 fully saturated rings. The maximum atomic E-state index is 11.8. The van der Waals surface area contributed by atoms with Crippen molar-refractivity contribution in [2.24, 2.45) is 5.73 Å². The summed E-state index contributed by atoms with van der Waals surface area (Å²) in [6.07, 6.45) is 0.750. The first-order valence-electron chi connectivity index (χ1n) is 7.57. The van der Waals surface area contributed by atoms with Gasteiger partial charge in [0.2, 0.25) is 12.3 Å². The number of anilines is 2. The Balaban J connectivity index is 0.000000646. The lowest BCUT2D eigenvalue weighted by Gasteiger charge is -2.07. The van der Waals surface area contributed by atoms with Gasteiger partial charge in [-0.3, -0.25) is 19.7 Å². The van der Waals surface area contributed by atoms with Crippen LogP contribution in [0.5, 0.6) is 0 Å². The Hall–Kier alpha value is -3.95. The van der Waals surface area contributed by atoms with E-state index in [0.29, 0.717) is 16.9 Å². The molecule has 0 bridgehead atoms. The van der Waals surface area contributed by atoms with Crippen LogP contribution in [-0.2, 0) is 4.79 Å². The van der Waals surface area contributed by atoms with E-state index in [9.17, 15) is 24.5 Å². The standard InChI is InChI=1S/C14H12N4O4.C3H7NO/c15-13(19)9-1-3-10(4-2-9)16-14(20)17-11-5-7-12(8-6-11)18(21)22;1-4(2)3-5/h1-8H,(H2,15,19)(H2,16,17,20);3H,1-2H3. The first kappa shape index (κ1) is 21.1. The third kappa shape index (κ3) is 7.65. The van der Waals surface area contributed by atoms with Gasteiger partial charge in [-0.15, -0.1) is 0 Å². The van der Waals surface area contributed by atoms with Crippen LogP contribution in [0.1, 0.15) is 10.4 Å². The molecule has 0 saturated heterocycles. The third-order valence-electron chi connectivity index (χ3n) is 2.97. The zero-order chi connectivity index (χ0) is 20.4. The van der Waals surface area contributed by atoms with Gasteiger partial charge in [-0.25, -0.2) is 4.79 Å². The summed E-state index contributed by atoms with van der Waals surface area (Å²) in [6, 6.07) is 11.0. The number of nitrogens with two attached hydrogens (primary N) is 1. The number of amides is 4. The number of hydrogen-bond acceptors (Lipinski definition) is 5. The minimum absolute atomic E-state index is 0.0620. The topological polar surface area (TPSA) is 148 Å². The second-order valence-electron chi connectivity index (χ2n) is 5.39. The minimum Gasteiger partial charge on any atom is -0.366 e. The van der Waals surface area contributed by atoms with E-state index < -0.39 is 16.9 Å². The SMILES string of the molecule is CN(C)C=O.NC(=O)c1ccc(NC(=O)Nc2ccc([N+](=O)[O-])cc2)cc1. The highest BCUT2D eigenvalue weighted by molar-refractivity contribution is 6.00. The molecule has 0 spiro atoms. The number of nitro groups is 1. The summed E-state index contributed by atoms with van der Waals surface area (Å²) in [4.78, 5) is 43.6. The van der Waals surface area contributed by atoms with Crippen LogP contribution in [-0.4, -0.2) is 42.3 Å². The lowest BCUT2D eigenvalue weighted by Crippen LogP contribution is -2.19. The van der Waals surface area contributed by atoms with Gasteiger partial charge in [0.1, 0.15) is 0 Å². The first-order valence-corrected chi connectivity index (χ1v) is 7.57. The number of urea groups is 1. The van der Waals surface area contributed by atoms with Crippen molar-refractivity contribution >= 4 is 35.4 Å². The second kappa shape index (κ2) is 10.1. The van der Waals surface area contributed by atoms with Crippen LogP contribution < -0.4 is 16.4 Å². The number of rotatable bonds is 5. The number of nitro benzene ring substituents is 1. The Morgan fingerprint density at radius 3 is 1.74 bits per heavy atom. The fourth-order valence-corrected chi connectivity index (χ4v) is 1.68. The van der Waals surface area contributed by atoms with Crippen molar-refractivity contribution in [3.8, 4) is 0 Å². The van der Waals surface area contributed by atoms with Gasteiger partial charge in [0.15, 0.2) is 0 Å². The molecular weight excluding hydrogens is 354 g/mol. The van der Waals surface area contributed by atoms with Crippen molar-refractivity contribution in [3.63, 3.8) is 0 Å². The third-order valence-corrected chi connectivity index (χ3v) is 2.97. The quantitative estimate of drug-likeness (QED) is 0.417. The van der Waals surface area contributed by atoms with Gasteiger partial charge in [-0.2, -0.15) is 0 Å².